The lowest BCUT2D eigenvalue weighted by Gasteiger charge is -2.33. The van der Waals surface area contributed by atoms with Crippen LogP contribution in [0.1, 0.15) is 28.8 Å². The highest BCUT2D eigenvalue weighted by Gasteiger charge is 2.27. The number of phenolic OH excluding ortho intramolecular Hbond substituents is 1. The van der Waals surface area contributed by atoms with Crippen molar-refractivity contribution in [3.8, 4) is 17.1 Å². The first-order valence-corrected chi connectivity index (χ1v) is 9.65. The van der Waals surface area contributed by atoms with Crippen molar-refractivity contribution < 1.29 is 19.5 Å². The normalized spacial score (nSPS) is 17.2. The average molecular weight is 393 g/mol. The molecule has 1 atom stereocenters. The SMILES string of the molecule is O=C(O)c1c(NC2CCCN(Cc3cccc(O)c3)C2)noc1-c1ccccc1. The number of rotatable bonds is 6. The first-order valence-electron chi connectivity index (χ1n) is 9.65. The summed E-state index contributed by atoms with van der Waals surface area (Å²) in [5.74, 6) is -0.287. The van der Waals surface area contributed by atoms with Crippen LogP contribution in [-0.4, -0.2) is 45.4 Å². The lowest BCUT2D eigenvalue weighted by atomic mass is 10.0. The highest BCUT2D eigenvalue weighted by atomic mass is 16.5. The fourth-order valence-corrected chi connectivity index (χ4v) is 3.80. The molecule has 0 aliphatic carbocycles. The van der Waals surface area contributed by atoms with Crippen molar-refractivity contribution >= 4 is 11.8 Å². The van der Waals surface area contributed by atoms with Crippen molar-refractivity contribution in [2.75, 3.05) is 18.4 Å². The lowest BCUT2D eigenvalue weighted by Crippen LogP contribution is -2.41. The molecule has 0 bridgehead atoms. The zero-order valence-electron chi connectivity index (χ0n) is 15.9. The molecule has 0 spiro atoms. The number of carboxylic acid groups (broad SMARTS) is 1. The summed E-state index contributed by atoms with van der Waals surface area (Å²) < 4.78 is 5.39. The highest BCUT2D eigenvalue weighted by Crippen LogP contribution is 2.30. The van der Waals surface area contributed by atoms with Crippen LogP contribution in [0, 0.1) is 0 Å². The Morgan fingerprint density at radius 3 is 2.79 bits per heavy atom. The van der Waals surface area contributed by atoms with Crippen molar-refractivity contribution in [3.05, 3.63) is 65.7 Å². The van der Waals surface area contributed by atoms with Crippen LogP contribution in [0.2, 0.25) is 0 Å². The molecule has 0 amide bonds. The maximum absolute atomic E-state index is 11.9. The summed E-state index contributed by atoms with van der Waals surface area (Å²) in [6.07, 6.45) is 1.91. The van der Waals surface area contributed by atoms with E-state index >= 15 is 0 Å². The molecule has 2 aromatic carbocycles. The van der Waals surface area contributed by atoms with E-state index in [2.05, 4.69) is 15.4 Å². The van der Waals surface area contributed by atoms with Gasteiger partial charge in [0.2, 0.25) is 0 Å². The summed E-state index contributed by atoms with van der Waals surface area (Å²) in [7, 11) is 0. The van der Waals surface area contributed by atoms with Crippen LogP contribution in [0.25, 0.3) is 11.3 Å². The number of benzene rings is 2. The van der Waals surface area contributed by atoms with Crippen molar-refractivity contribution in [2.45, 2.75) is 25.4 Å². The third kappa shape index (κ3) is 4.41. The summed E-state index contributed by atoms with van der Waals surface area (Å²) in [5, 5.41) is 26.7. The molecular weight excluding hydrogens is 370 g/mol. The quantitative estimate of drug-likeness (QED) is 0.585. The molecule has 1 saturated heterocycles. The molecule has 0 saturated carbocycles. The number of carboxylic acids is 1. The maximum atomic E-state index is 11.9. The summed E-state index contributed by atoms with van der Waals surface area (Å²) >= 11 is 0. The van der Waals surface area contributed by atoms with Crippen LogP contribution in [0.4, 0.5) is 5.82 Å². The molecular formula is C22H23N3O4. The van der Waals surface area contributed by atoms with Gasteiger partial charge in [0.1, 0.15) is 5.75 Å². The molecule has 0 radical (unpaired) electrons. The second-order valence-corrected chi connectivity index (χ2v) is 7.29. The van der Waals surface area contributed by atoms with E-state index in [1.165, 1.54) is 0 Å². The van der Waals surface area contributed by atoms with Gasteiger partial charge in [0, 0.05) is 24.7 Å². The van der Waals surface area contributed by atoms with Gasteiger partial charge in [-0.15, -0.1) is 0 Å². The Kier molecular flexibility index (Phi) is 5.48. The van der Waals surface area contributed by atoms with Crippen LogP contribution in [0.5, 0.6) is 5.75 Å². The number of hydrogen-bond acceptors (Lipinski definition) is 6. The second kappa shape index (κ2) is 8.36. The Morgan fingerprint density at radius 2 is 2.03 bits per heavy atom. The van der Waals surface area contributed by atoms with Gasteiger partial charge in [0.25, 0.3) is 0 Å². The molecule has 150 valence electrons. The molecule has 1 unspecified atom stereocenters. The molecule has 1 fully saturated rings. The highest BCUT2D eigenvalue weighted by molar-refractivity contribution is 5.99. The van der Waals surface area contributed by atoms with Crippen LogP contribution < -0.4 is 5.32 Å². The number of likely N-dealkylation sites (tertiary alicyclic amines) is 1. The van der Waals surface area contributed by atoms with E-state index in [4.69, 9.17) is 4.52 Å². The number of aromatic nitrogens is 1. The first-order chi connectivity index (χ1) is 14.1. The number of nitrogens with zero attached hydrogens (tertiary/aromatic N) is 2. The van der Waals surface area contributed by atoms with Gasteiger partial charge in [0.15, 0.2) is 17.1 Å². The molecule has 3 aromatic rings. The summed E-state index contributed by atoms with van der Waals surface area (Å²) in [5.41, 5.74) is 1.78. The summed E-state index contributed by atoms with van der Waals surface area (Å²) in [4.78, 5) is 14.2. The minimum Gasteiger partial charge on any atom is -0.508 e. The molecule has 2 heterocycles. The van der Waals surface area contributed by atoms with E-state index in [-0.39, 0.29) is 28.9 Å². The summed E-state index contributed by atoms with van der Waals surface area (Å²) in [6, 6.07) is 16.4. The minimum atomic E-state index is -1.07. The van der Waals surface area contributed by atoms with Gasteiger partial charge in [-0.3, -0.25) is 4.90 Å². The van der Waals surface area contributed by atoms with Crippen LogP contribution in [0.15, 0.2) is 59.1 Å². The smallest absolute Gasteiger partial charge is 0.343 e. The second-order valence-electron chi connectivity index (χ2n) is 7.29. The molecule has 7 heteroatoms. The molecule has 3 N–H and O–H groups in total. The predicted molar refractivity (Wildman–Crippen MR) is 109 cm³/mol. The van der Waals surface area contributed by atoms with Gasteiger partial charge in [-0.2, -0.15) is 0 Å². The fourth-order valence-electron chi connectivity index (χ4n) is 3.80. The molecule has 4 rings (SSSR count). The molecule has 1 aliphatic heterocycles. The van der Waals surface area contributed by atoms with Crippen molar-refractivity contribution in [2.24, 2.45) is 0 Å². The van der Waals surface area contributed by atoms with E-state index in [0.29, 0.717) is 5.56 Å². The number of hydrogen-bond donors (Lipinski definition) is 3. The lowest BCUT2D eigenvalue weighted by molar-refractivity contribution is 0.0698. The Morgan fingerprint density at radius 1 is 1.21 bits per heavy atom. The maximum Gasteiger partial charge on any atom is 0.343 e. The molecule has 7 nitrogen and oxygen atoms in total. The van der Waals surface area contributed by atoms with E-state index in [1.54, 1.807) is 24.3 Å². The topological polar surface area (TPSA) is 98.8 Å². The Bertz CT molecular complexity index is 987. The molecule has 1 aromatic heterocycles. The molecule has 1 aliphatic rings. The number of phenols is 1. The minimum absolute atomic E-state index is 0.0568. The van der Waals surface area contributed by atoms with Crippen LogP contribution in [-0.2, 0) is 6.54 Å². The third-order valence-electron chi connectivity index (χ3n) is 5.11. The number of nitrogens with one attached hydrogen (secondary N) is 1. The van der Waals surface area contributed by atoms with Crippen molar-refractivity contribution in [3.63, 3.8) is 0 Å². The zero-order chi connectivity index (χ0) is 20.2. The number of piperidine rings is 1. The van der Waals surface area contributed by atoms with Crippen molar-refractivity contribution in [1.82, 2.24) is 10.1 Å². The number of carbonyl (C=O) groups is 1. The van der Waals surface area contributed by atoms with Gasteiger partial charge in [-0.25, -0.2) is 4.79 Å². The van der Waals surface area contributed by atoms with E-state index in [9.17, 15) is 15.0 Å². The number of anilines is 1. The largest absolute Gasteiger partial charge is 0.508 e. The van der Waals surface area contributed by atoms with E-state index in [0.717, 1.165) is 38.0 Å². The van der Waals surface area contributed by atoms with Crippen LogP contribution in [0.3, 0.4) is 0 Å². The van der Waals surface area contributed by atoms with Crippen LogP contribution >= 0.6 is 0 Å². The first kappa shape index (κ1) is 19.0. The number of aromatic hydroxyl groups is 1. The van der Waals surface area contributed by atoms with Gasteiger partial charge in [-0.05, 0) is 37.1 Å². The van der Waals surface area contributed by atoms with Gasteiger partial charge >= 0.3 is 5.97 Å². The summed E-state index contributed by atoms with van der Waals surface area (Å²) in [6.45, 7) is 2.43. The fraction of sp³-hybridized carbons (Fsp3) is 0.273. The van der Waals surface area contributed by atoms with E-state index < -0.39 is 5.97 Å². The molecule has 29 heavy (non-hydrogen) atoms. The Hall–Kier alpha value is -3.32. The Labute approximate surface area is 168 Å². The number of aromatic carboxylic acids is 1. The third-order valence-corrected chi connectivity index (χ3v) is 5.11. The van der Waals surface area contributed by atoms with Gasteiger partial charge < -0.3 is 20.1 Å². The average Bonchev–Trinajstić information content (AvgIpc) is 3.13. The standard InChI is InChI=1S/C22H23N3O4/c26-18-10-4-6-15(12-18)13-25-11-5-9-17(14-25)23-21-19(22(27)28)20(29-24-21)16-7-2-1-3-8-16/h1-4,6-8,10,12,17,26H,5,9,11,13-14H2,(H,23,24)(H,27,28). The van der Waals surface area contributed by atoms with Crippen molar-refractivity contribution in [1.29, 1.82) is 0 Å². The van der Waals surface area contributed by atoms with E-state index in [1.807, 2.05) is 30.3 Å². The zero-order valence-corrected chi connectivity index (χ0v) is 15.9. The predicted octanol–water partition coefficient (Wildman–Crippen LogP) is 3.82. The monoisotopic (exact) mass is 393 g/mol. The van der Waals surface area contributed by atoms with Gasteiger partial charge in [0.05, 0.1) is 0 Å². The Balaban J connectivity index is 1.49. The van der Waals surface area contributed by atoms with Gasteiger partial charge in [-0.1, -0.05) is 47.6 Å².